The lowest BCUT2D eigenvalue weighted by Crippen LogP contribution is -2.48. The summed E-state index contributed by atoms with van der Waals surface area (Å²) in [6.07, 6.45) is 5.96. The summed E-state index contributed by atoms with van der Waals surface area (Å²) in [5, 5.41) is 11.7. The van der Waals surface area contributed by atoms with E-state index in [-0.39, 0.29) is 17.3 Å². The van der Waals surface area contributed by atoms with Gasteiger partial charge < -0.3 is 19.3 Å². The zero-order valence-corrected chi connectivity index (χ0v) is 18.5. The van der Waals surface area contributed by atoms with E-state index in [1.54, 1.807) is 13.0 Å². The number of carbonyl (C=O) groups is 1. The van der Waals surface area contributed by atoms with Gasteiger partial charge in [0, 0.05) is 39.2 Å². The van der Waals surface area contributed by atoms with Crippen LogP contribution in [0.25, 0.3) is 0 Å². The van der Waals surface area contributed by atoms with Gasteiger partial charge in [0.05, 0.1) is 29.9 Å². The van der Waals surface area contributed by atoms with Crippen LogP contribution in [0.3, 0.4) is 0 Å². The van der Waals surface area contributed by atoms with Crippen LogP contribution in [0.1, 0.15) is 59.3 Å². The van der Waals surface area contributed by atoms with Gasteiger partial charge in [-0.15, -0.1) is 0 Å². The fraction of sp³-hybridized carbons (Fsp3) is 0.682. The highest BCUT2D eigenvalue weighted by atomic mass is 16.6. The van der Waals surface area contributed by atoms with Gasteiger partial charge in [0.1, 0.15) is 5.75 Å². The zero-order chi connectivity index (χ0) is 21.9. The van der Waals surface area contributed by atoms with Gasteiger partial charge in [-0.25, -0.2) is 0 Å². The van der Waals surface area contributed by atoms with E-state index in [1.165, 1.54) is 6.07 Å². The number of piperazine rings is 1. The number of rotatable bonds is 12. The van der Waals surface area contributed by atoms with Gasteiger partial charge in [-0.3, -0.25) is 14.9 Å². The van der Waals surface area contributed by atoms with Gasteiger partial charge in [-0.1, -0.05) is 39.5 Å². The molecule has 1 amide bonds. The number of nitro benzene ring substituents is 1. The van der Waals surface area contributed by atoms with E-state index in [0.29, 0.717) is 45.1 Å². The lowest BCUT2D eigenvalue weighted by molar-refractivity contribution is -0.385. The highest BCUT2D eigenvalue weighted by Gasteiger charge is 2.26. The maximum atomic E-state index is 11.7. The predicted octanol–water partition coefficient (Wildman–Crippen LogP) is 4.40. The molecule has 30 heavy (non-hydrogen) atoms. The summed E-state index contributed by atoms with van der Waals surface area (Å²) < 4.78 is 11.8. The molecule has 0 radical (unpaired) electrons. The van der Waals surface area contributed by atoms with Crippen LogP contribution in [0, 0.1) is 10.1 Å². The molecule has 1 fully saturated rings. The quantitative estimate of drug-likeness (QED) is 0.282. The summed E-state index contributed by atoms with van der Waals surface area (Å²) in [5.41, 5.74) is 0.730. The van der Waals surface area contributed by atoms with Gasteiger partial charge in [0.2, 0.25) is 5.91 Å². The van der Waals surface area contributed by atoms with Gasteiger partial charge in [0.15, 0.2) is 5.75 Å². The van der Waals surface area contributed by atoms with Gasteiger partial charge in [-0.05, 0) is 12.8 Å². The Hall–Kier alpha value is -2.51. The van der Waals surface area contributed by atoms with Crippen molar-refractivity contribution >= 4 is 17.3 Å². The molecular weight excluding hydrogens is 386 g/mol. The summed E-state index contributed by atoms with van der Waals surface area (Å²) in [4.78, 5) is 26.8. The first-order chi connectivity index (χ1) is 14.5. The van der Waals surface area contributed by atoms with Crippen molar-refractivity contribution < 1.29 is 19.2 Å². The number of unbranched alkanes of at least 4 members (excludes halogenated alkanes) is 4. The SMILES string of the molecule is CCCCCOc1cc([N+](=O)[O-])c(OCCCCC)cc1N1CCN(C(C)=O)CC1. The second-order valence-electron chi connectivity index (χ2n) is 7.65. The average molecular weight is 422 g/mol. The van der Waals surface area contributed by atoms with Crippen molar-refractivity contribution in [2.45, 2.75) is 59.3 Å². The largest absolute Gasteiger partial charge is 0.491 e. The number of nitro groups is 1. The fourth-order valence-electron chi connectivity index (χ4n) is 3.49. The van der Waals surface area contributed by atoms with Crippen molar-refractivity contribution in [2.24, 2.45) is 0 Å². The Labute approximate surface area is 179 Å². The number of amides is 1. The molecule has 8 heteroatoms. The summed E-state index contributed by atoms with van der Waals surface area (Å²) in [7, 11) is 0. The van der Waals surface area contributed by atoms with Crippen LogP contribution in [0.4, 0.5) is 11.4 Å². The van der Waals surface area contributed by atoms with E-state index in [0.717, 1.165) is 44.2 Å². The standard InChI is InChI=1S/C22H35N3O5/c1-4-6-8-14-29-21-17-20(25(27)28)22(30-15-9-7-5-2)16-19(21)24-12-10-23(11-13-24)18(3)26/h16-17H,4-15H2,1-3H3. The first-order valence-electron chi connectivity index (χ1n) is 11.1. The van der Waals surface area contributed by atoms with E-state index in [1.807, 2.05) is 4.90 Å². The average Bonchev–Trinajstić information content (AvgIpc) is 2.74. The van der Waals surface area contributed by atoms with E-state index in [9.17, 15) is 14.9 Å². The number of ether oxygens (including phenoxy) is 2. The van der Waals surface area contributed by atoms with E-state index in [2.05, 4.69) is 18.7 Å². The molecule has 0 aromatic heterocycles. The van der Waals surface area contributed by atoms with Gasteiger partial charge in [-0.2, -0.15) is 0 Å². The molecule has 1 aromatic rings. The second-order valence-corrected chi connectivity index (χ2v) is 7.65. The van der Waals surface area contributed by atoms with Gasteiger partial charge >= 0.3 is 5.69 Å². The third kappa shape index (κ3) is 6.78. The second kappa shape index (κ2) is 12.2. The molecule has 1 aromatic carbocycles. The van der Waals surface area contributed by atoms with Crippen molar-refractivity contribution in [3.8, 4) is 11.5 Å². The van der Waals surface area contributed by atoms with Crippen molar-refractivity contribution in [3.05, 3.63) is 22.2 Å². The predicted molar refractivity (Wildman–Crippen MR) is 118 cm³/mol. The Kier molecular flexibility index (Phi) is 9.70. The van der Waals surface area contributed by atoms with Crippen molar-refractivity contribution in [1.82, 2.24) is 4.90 Å². The van der Waals surface area contributed by atoms with E-state index >= 15 is 0 Å². The van der Waals surface area contributed by atoms with Crippen LogP contribution >= 0.6 is 0 Å². The van der Waals surface area contributed by atoms with Crippen LogP contribution in [0.15, 0.2) is 12.1 Å². The Morgan fingerprint density at radius 3 is 2.03 bits per heavy atom. The molecule has 0 unspecified atom stereocenters. The summed E-state index contributed by atoms with van der Waals surface area (Å²) >= 11 is 0. The molecule has 1 aliphatic heterocycles. The molecule has 8 nitrogen and oxygen atoms in total. The minimum Gasteiger partial charge on any atom is -0.491 e. The molecule has 1 heterocycles. The number of hydrogen-bond donors (Lipinski definition) is 0. The summed E-state index contributed by atoms with van der Waals surface area (Å²) in [6.45, 7) is 9.30. The molecule has 0 bridgehead atoms. The first-order valence-corrected chi connectivity index (χ1v) is 11.1. The monoisotopic (exact) mass is 421 g/mol. The molecule has 1 aliphatic rings. The lowest BCUT2D eigenvalue weighted by Gasteiger charge is -2.36. The molecule has 168 valence electrons. The molecule has 2 rings (SSSR count). The smallest absolute Gasteiger partial charge is 0.314 e. The molecule has 0 spiro atoms. The molecule has 1 saturated heterocycles. The van der Waals surface area contributed by atoms with Crippen molar-refractivity contribution in [3.63, 3.8) is 0 Å². The Bertz CT molecular complexity index is 702. The Morgan fingerprint density at radius 2 is 1.53 bits per heavy atom. The van der Waals surface area contributed by atoms with E-state index < -0.39 is 4.92 Å². The highest BCUT2D eigenvalue weighted by molar-refractivity contribution is 5.74. The van der Waals surface area contributed by atoms with Crippen LogP contribution in [-0.4, -0.2) is 55.1 Å². The van der Waals surface area contributed by atoms with Gasteiger partial charge in [0.25, 0.3) is 0 Å². The minimum absolute atomic E-state index is 0.0642. The van der Waals surface area contributed by atoms with Crippen LogP contribution < -0.4 is 14.4 Å². The fourth-order valence-corrected chi connectivity index (χ4v) is 3.49. The summed E-state index contributed by atoms with van der Waals surface area (Å²) in [5.74, 6) is 0.852. The topological polar surface area (TPSA) is 85.2 Å². The highest BCUT2D eigenvalue weighted by Crippen LogP contribution is 2.40. The number of anilines is 1. The minimum atomic E-state index is -0.411. The number of nitrogens with zero attached hydrogens (tertiary/aromatic N) is 3. The zero-order valence-electron chi connectivity index (χ0n) is 18.5. The number of hydrogen-bond acceptors (Lipinski definition) is 6. The maximum absolute atomic E-state index is 11.7. The Morgan fingerprint density at radius 1 is 0.967 bits per heavy atom. The Balaban J connectivity index is 2.26. The van der Waals surface area contributed by atoms with Crippen LogP contribution in [0.2, 0.25) is 0 Å². The number of benzene rings is 1. The normalized spacial score (nSPS) is 14.0. The van der Waals surface area contributed by atoms with Crippen LogP contribution in [0.5, 0.6) is 11.5 Å². The van der Waals surface area contributed by atoms with Crippen molar-refractivity contribution in [1.29, 1.82) is 0 Å². The molecule has 0 aliphatic carbocycles. The van der Waals surface area contributed by atoms with Crippen LogP contribution in [-0.2, 0) is 4.79 Å². The number of carbonyl (C=O) groups excluding carboxylic acids is 1. The molecule has 0 atom stereocenters. The summed E-state index contributed by atoms with van der Waals surface area (Å²) in [6, 6.07) is 3.23. The van der Waals surface area contributed by atoms with Crippen molar-refractivity contribution in [2.75, 3.05) is 44.3 Å². The lowest BCUT2D eigenvalue weighted by atomic mass is 10.2. The molecule has 0 N–H and O–H groups in total. The third-order valence-corrected chi connectivity index (χ3v) is 5.31. The molecule has 0 saturated carbocycles. The maximum Gasteiger partial charge on any atom is 0.314 e. The third-order valence-electron chi connectivity index (χ3n) is 5.31. The van der Waals surface area contributed by atoms with E-state index in [4.69, 9.17) is 9.47 Å². The first kappa shape index (κ1) is 23.8. The molecular formula is C22H35N3O5.